The molecule has 1 aliphatic rings. The lowest BCUT2D eigenvalue weighted by Gasteiger charge is -2.29. The molecule has 2 unspecified atom stereocenters. The fourth-order valence-corrected chi connectivity index (χ4v) is 2.50. The van der Waals surface area contributed by atoms with E-state index >= 15 is 0 Å². The van der Waals surface area contributed by atoms with Crippen LogP contribution in [0.2, 0.25) is 0 Å². The van der Waals surface area contributed by atoms with E-state index in [-0.39, 0.29) is 18.1 Å². The lowest BCUT2D eigenvalue weighted by molar-refractivity contribution is 0.198. The van der Waals surface area contributed by atoms with Crippen molar-refractivity contribution < 1.29 is 4.79 Å². The van der Waals surface area contributed by atoms with Crippen molar-refractivity contribution in [2.45, 2.75) is 32.9 Å². The highest BCUT2D eigenvalue weighted by molar-refractivity contribution is 6.03. The molecule has 1 aromatic carbocycles. The summed E-state index contributed by atoms with van der Waals surface area (Å²) in [6.07, 6.45) is 5.44. The van der Waals surface area contributed by atoms with Gasteiger partial charge in [-0.25, -0.2) is 4.79 Å². The van der Waals surface area contributed by atoms with Gasteiger partial charge < -0.3 is 5.73 Å². The molecule has 0 spiro atoms. The number of terminal acetylenes is 1. The van der Waals surface area contributed by atoms with Gasteiger partial charge in [0.1, 0.15) is 11.9 Å². The zero-order chi connectivity index (χ0) is 14.2. The van der Waals surface area contributed by atoms with Gasteiger partial charge in [0.05, 0.1) is 6.04 Å². The predicted octanol–water partition coefficient (Wildman–Crippen LogP) is 2.16. The Morgan fingerprint density at radius 3 is 2.53 bits per heavy atom. The molecule has 19 heavy (non-hydrogen) atoms. The van der Waals surface area contributed by atoms with Crippen LogP contribution in [0.4, 0.5) is 4.79 Å². The van der Waals surface area contributed by atoms with Crippen LogP contribution in [-0.4, -0.2) is 22.8 Å². The molecule has 1 aliphatic heterocycles. The normalized spacial score (nSPS) is 20.1. The molecule has 4 nitrogen and oxygen atoms in total. The predicted molar refractivity (Wildman–Crippen MR) is 75.8 cm³/mol. The summed E-state index contributed by atoms with van der Waals surface area (Å²) in [4.78, 5) is 17.4. The second kappa shape index (κ2) is 4.77. The number of rotatable bonds is 2. The van der Waals surface area contributed by atoms with Crippen molar-refractivity contribution >= 4 is 11.9 Å². The molecule has 4 heteroatoms. The summed E-state index contributed by atoms with van der Waals surface area (Å²) < 4.78 is 0. The van der Waals surface area contributed by atoms with Crippen molar-refractivity contribution in [3.8, 4) is 12.3 Å². The third kappa shape index (κ3) is 2.08. The average Bonchev–Trinajstić information content (AvgIpc) is 2.64. The first-order chi connectivity index (χ1) is 8.97. The monoisotopic (exact) mass is 255 g/mol. The Labute approximate surface area is 113 Å². The Balaban J connectivity index is 2.56. The molecule has 1 heterocycles. The standard InChI is InChI=1S/C15H17N3O/c1-5-11(4)18-13(14(16)17-15(18)19)12-9(2)7-6-8-10(12)3/h1,6-8,11,13H,2-4H3,(H2,16,17,19). The highest BCUT2D eigenvalue weighted by Gasteiger charge is 2.38. The van der Waals surface area contributed by atoms with Crippen LogP contribution in [0.5, 0.6) is 0 Å². The SMILES string of the molecule is C#CC(C)N1C(=O)N=C(N)C1c1c(C)cccc1C. The van der Waals surface area contributed by atoms with Crippen LogP contribution in [-0.2, 0) is 0 Å². The molecule has 98 valence electrons. The van der Waals surface area contributed by atoms with Crippen LogP contribution in [0.1, 0.15) is 29.7 Å². The molecule has 0 saturated carbocycles. The third-order valence-corrected chi connectivity index (χ3v) is 3.48. The number of hydrogen-bond donors (Lipinski definition) is 1. The van der Waals surface area contributed by atoms with Gasteiger partial charge in [-0.15, -0.1) is 6.42 Å². The van der Waals surface area contributed by atoms with Gasteiger partial charge in [-0.1, -0.05) is 24.1 Å². The van der Waals surface area contributed by atoms with Crippen molar-refractivity contribution in [3.63, 3.8) is 0 Å². The fourth-order valence-electron chi connectivity index (χ4n) is 2.50. The van der Waals surface area contributed by atoms with E-state index in [0.717, 1.165) is 16.7 Å². The summed E-state index contributed by atoms with van der Waals surface area (Å²) >= 11 is 0. The quantitative estimate of drug-likeness (QED) is 0.823. The fraction of sp³-hybridized carbons (Fsp3) is 0.333. The number of aliphatic imine (C=N–C) groups is 1. The maximum absolute atomic E-state index is 12.0. The van der Waals surface area contributed by atoms with E-state index in [1.54, 1.807) is 11.8 Å². The number of amides is 2. The minimum atomic E-state index is -0.365. The van der Waals surface area contributed by atoms with E-state index in [4.69, 9.17) is 12.2 Å². The first-order valence-electron chi connectivity index (χ1n) is 6.16. The molecule has 2 N–H and O–H groups in total. The molecule has 0 bridgehead atoms. The minimum Gasteiger partial charge on any atom is -0.385 e. The molecule has 0 saturated heterocycles. The molecule has 1 aromatic rings. The second-order valence-electron chi connectivity index (χ2n) is 4.78. The Bertz CT molecular complexity index is 578. The van der Waals surface area contributed by atoms with E-state index in [1.165, 1.54) is 0 Å². The number of carbonyl (C=O) groups excluding carboxylic acids is 1. The van der Waals surface area contributed by atoms with Crippen molar-refractivity contribution in [2.24, 2.45) is 10.7 Å². The van der Waals surface area contributed by atoms with Crippen LogP contribution in [0.25, 0.3) is 0 Å². The van der Waals surface area contributed by atoms with Crippen LogP contribution in [0, 0.1) is 26.2 Å². The molecule has 0 radical (unpaired) electrons. The number of benzene rings is 1. The summed E-state index contributed by atoms with van der Waals surface area (Å²) in [7, 11) is 0. The van der Waals surface area contributed by atoms with Crippen molar-refractivity contribution in [1.82, 2.24) is 4.90 Å². The molecule has 0 fully saturated rings. The van der Waals surface area contributed by atoms with E-state index in [0.29, 0.717) is 5.84 Å². The Morgan fingerprint density at radius 1 is 1.42 bits per heavy atom. The van der Waals surface area contributed by atoms with Gasteiger partial charge >= 0.3 is 6.03 Å². The van der Waals surface area contributed by atoms with E-state index in [1.807, 2.05) is 32.0 Å². The van der Waals surface area contributed by atoms with Crippen LogP contribution in [0.3, 0.4) is 0 Å². The number of amidine groups is 1. The van der Waals surface area contributed by atoms with Gasteiger partial charge in [0, 0.05) is 0 Å². The zero-order valence-corrected chi connectivity index (χ0v) is 11.3. The lowest BCUT2D eigenvalue weighted by Crippen LogP contribution is -2.39. The lowest BCUT2D eigenvalue weighted by atomic mass is 9.94. The molecular formula is C15H17N3O. The Morgan fingerprint density at radius 2 is 2.00 bits per heavy atom. The van der Waals surface area contributed by atoms with E-state index < -0.39 is 0 Å². The summed E-state index contributed by atoms with van der Waals surface area (Å²) in [5.74, 6) is 2.88. The van der Waals surface area contributed by atoms with Gasteiger partial charge in [0.25, 0.3) is 0 Å². The highest BCUT2D eigenvalue weighted by atomic mass is 16.2. The maximum Gasteiger partial charge on any atom is 0.347 e. The smallest absolute Gasteiger partial charge is 0.347 e. The number of carbonyl (C=O) groups is 1. The molecule has 0 aromatic heterocycles. The van der Waals surface area contributed by atoms with Crippen molar-refractivity contribution in [1.29, 1.82) is 0 Å². The first-order valence-corrected chi connectivity index (χ1v) is 6.16. The van der Waals surface area contributed by atoms with Gasteiger partial charge in [0.2, 0.25) is 0 Å². The van der Waals surface area contributed by atoms with Gasteiger partial charge in [0.15, 0.2) is 0 Å². The van der Waals surface area contributed by atoms with Crippen LogP contribution < -0.4 is 5.73 Å². The van der Waals surface area contributed by atoms with Crippen LogP contribution in [0.15, 0.2) is 23.2 Å². The largest absolute Gasteiger partial charge is 0.385 e. The average molecular weight is 255 g/mol. The van der Waals surface area contributed by atoms with Crippen molar-refractivity contribution in [3.05, 3.63) is 34.9 Å². The van der Waals surface area contributed by atoms with Gasteiger partial charge in [-0.05, 0) is 37.5 Å². The van der Waals surface area contributed by atoms with E-state index in [2.05, 4.69) is 10.9 Å². The third-order valence-electron chi connectivity index (χ3n) is 3.48. The summed E-state index contributed by atoms with van der Waals surface area (Å²) in [6.45, 7) is 5.79. The topological polar surface area (TPSA) is 58.7 Å². The maximum atomic E-state index is 12.0. The summed E-state index contributed by atoms with van der Waals surface area (Å²) in [5, 5.41) is 0. The summed E-state index contributed by atoms with van der Waals surface area (Å²) in [6, 6.07) is 4.90. The number of nitrogens with two attached hydrogens (primary N) is 1. The molecule has 0 aliphatic carbocycles. The molecule has 2 rings (SSSR count). The second-order valence-corrected chi connectivity index (χ2v) is 4.78. The van der Waals surface area contributed by atoms with Crippen LogP contribution >= 0.6 is 0 Å². The molecular weight excluding hydrogens is 238 g/mol. The highest BCUT2D eigenvalue weighted by Crippen LogP contribution is 2.32. The zero-order valence-electron chi connectivity index (χ0n) is 11.3. The minimum absolute atomic E-state index is 0.310. The number of urea groups is 1. The Hall–Kier alpha value is -2.28. The molecule has 2 atom stereocenters. The molecule has 2 amide bonds. The number of hydrogen-bond acceptors (Lipinski definition) is 2. The first kappa shape index (κ1) is 13.2. The number of nitrogens with zero attached hydrogens (tertiary/aromatic N) is 2. The Kier molecular flexibility index (Phi) is 3.30. The van der Waals surface area contributed by atoms with Gasteiger partial charge in [-0.2, -0.15) is 4.99 Å². The number of aryl methyl sites for hydroxylation is 2. The van der Waals surface area contributed by atoms with Crippen molar-refractivity contribution in [2.75, 3.05) is 0 Å². The van der Waals surface area contributed by atoms with Gasteiger partial charge in [-0.3, -0.25) is 4.90 Å². The summed E-state index contributed by atoms with van der Waals surface area (Å²) in [5.41, 5.74) is 9.10. The van der Waals surface area contributed by atoms with E-state index in [9.17, 15) is 4.79 Å².